The zero-order valence-electron chi connectivity index (χ0n) is 11.9. The second-order valence-corrected chi connectivity index (χ2v) is 4.81. The summed E-state index contributed by atoms with van der Waals surface area (Å²) in [5.41, 5.74) is 0. The topological polar surface area (TPSA) is 52.6 Å². The molecule has 0 aromatic carbocycles. The van der Waals surface area contributed by atoms with E-state index in [1.807, 2.05) is 6.92 Å². The van der Waals surface area contributed by atoms with Gasteiger partial charge >= 0.3 is 5.97 Å². The van der Waals surface area contributed by atoms with Crippen LogP contribution in [0.25, 0.3) is 0 Å². The van der Waals surface area contributed by atoms with Crippen molar-refractivity contribution in [3.05, 3.63) is 0 Å². The maximum absolute atomic E-state index is 10.9. The molecule has 0 spiro atoms. The maximum Gasteiger partial charge on any atom is 0.320 e. The largest absolute Gasteiger partial charge is 0.480 e. The molecule has 0 aliphatic carbocycles. The summed E-state index contributed by atoms with van der Waals surface area (Å²) in [6, 6.07) is -0.0230. The van der Waals surface area contributed by atoms with Gasteiger partial charge in [-0.2, -0.15) is 0 Å². The fraction of sp³-hybridized carbons (Fsp3) is 0.923. The molecule has 0 saturated heterocycles. The van der Waals surface area contributed by atoms with Crippen LogP contribution in [0.2, 0.25) is 0 Å². The van der Waals surface area contributed by atoms with Gasteiger partial charge in [0.2, 0.25) is 0 Å². The summed E-state index contributed by atoms with van der Waals surface area (Å²) in [6.45, 7) is 7.02. The summed E-state index contributed by atoms with van der Waals surface area (Å²) in [5.74, 6) is -0.140. The minimum atomic E-state index is -0.755. The molecule has 0 fully saturated rings. The van der Waals surface area contributed by atoms with Gasteiger partial charge in [-0.1, -0.05) is 33.6 Å². The summed E-state index contributed by atoms with van der Waals surface area (Å²) >= 11 is 0. The van der Waals surface area contributed by atoms with E-state index in [1.165, 1.54) is 0 Å². The summed E-state index contributed by atoms with van der Waals surface area (Å²) in [4.78, 5) is 13.1. The van der Waals surface area contributed by atoms with Crippen molar-refractivity contribution in [1.29, 1.82) is 0 Å². The third kappa shape index (κ3) is 5.50. The Hall–Kier alpha value is -0.610. The first-order valence-electron chi connectivity index (χ1n) is 6.60. The van der Waals surface area contributed by atoms with Gasteiger partial charge in [0, 0.05) is 12.6 Å². The smallest absolute Gasteiger partial charge is 0.320 e. The molecule has 2 N–H and O–H groups in total. The van der Waals surface area contributed by atoms with Gasteiger partial charge in [-0.3, -0.25) is 4.79 Å². The van der Waals surface area contributed by atoms with E-state index in [-0.39, 0.29) is 0 Å². The zero-order chi connectivity index (χ0) is 13.4. The number of carboxylic acids is 1. The minimum Gasteiger partial charge on any atom is -0.480 e. The Bertz CT molecular complexity index is 215. The van der Waals surface area contributed by atoms with Gasteiger partial charge in [-0.25, -0.2) is 0 Å². The molecule has 0 aromatic heterocycles. The Morgan fingerprint density at radius 1 is 1.18 bits per heavy atom. The lowest BCUT2D eigenvalue weighted by molar-refractivity contribution is -0.139. The number of carboxylic acid groups (broad SMARTS) is 1. The van der Waals surface area contributed by atoms with Crippen molar-refractivity contribution in [1.82, 2.24) is 10.2 Å². The van der Waals surface area contributed by atoms with E-state index in [0.29, 0.717) is 18.4 Å². The molecule has 0 radical (unpaired) electrons. The van der Waals surface area contributed by atoms with Crippen molar-refractivity contribution in [2.24, 2.45) is 5.92 Å². The van der Waals surface area contributed by atoms with Gasteiger partial charge in [0.1, 0.15) is 6.04 Å². The van der Waals surface area contributed by atoms with Gasteiger partial charge in [-0.15, -0.1) is 0 Å². The normalized spacial score (nSPS) is 15.2. The van der Waals surface area contributed by atoms with E-state index in [0.717, 1.165) is 19.4 Å². The summed E-state index contributed by atoms with van der Waals surface area (Å²) < 4.78 is 0. The highest BCUT2D eigenvalue weighted by Crippen LogP contribution is 2.16. The lowest BCUT2D eigenvalue weighted by atomic mass is 9.93. The number of likely N-dealkylation sites (N-methyl/N-ethyl adjacent to an activating group) is 1. The van der Waals surface area contributed by atoms with Gasteiger partial charge in [-0.05, 0) is 26.4 Å². The predicted octanol–water partition coefficient (Wildman–Crippen LogP) is 1.81. The highest BCUT2D eigenvalue weighted by Gasteiger charge is 2.23. The van der Waals surface area contributed by atoms with Crippen LogP contribution in [-0.2, 0) is 4.79 Å². The van der Waals surface area contributed by atoms with Crippen molar-refractivity contribution in [3.8, 4) is 0 Å². The van der Waals surface area contributed by atoms with Crippen LogP contribution in [0.3, 0.4) is 0 Å². The van der Waals surface area contributed by atoms with Crippen molar-refractivity contribution in [3.63, 3.8) is 0 Å². The second kappa shape index (κ2) is 8.48. The van der Waals surface area contributed by atoms with Crippen LogP contribution in [0, 0.1) is 5.92 Å². The zero-order valence-corrected chi connectivity index (χ0v) is 11.9. The third-order valence-electron chi connectivity index (χ3n) is 3.54. The van der Waals surface area contributed by atoms with Crippen molar-refractivity contribution in [2.45, 2.75) is 52.1 Å². The molecular formula is C13H28N2O2. The molecule has 0 amide bonds. The van der Waals surface area contributed by atoms with Gasteiger partial charge in [0.05, 0.1) is 0 Å². The molecule has 2 atom stereocenters. The van der Waals surface area contributed by atoms with E-state index in [4.69, 9.17) is 5.11 Å². The first-order chi connectivity index (χ1) is 7.97. The number of hydrogen-bond donors (Lipinski definition) is 2. The molecule has 0 rings (SSSR count). The number of carbonyl (C=O) groups is 1. The van der Waals surface area contributed by atoms with E-state index in [2.05, 4.69) is 38.2 Å². The van der Waals surface area contributed by atoms with Crippen LogP contribution < -0.4 is 5.32 Å². The summed E-state index contributed by atoms with van der Waals surface area (Å²) in [7, 11) is 4.12. The monoisotopic (exact) mass is 244 g/mol. The van der Waals surface area contributed by atoms with Gasteiger partial charge in [0.15, 0.2) is 0 Å². The van der Waals surface area contributed by atoms with E-state index in [9.17, 15) is 4.79 Å². The molecule has 4 heteroatoms. The second-order valence-electron chi connectivity index (χ2n) is 4.81. The third-order valence-corrected chi connectivity index (χ3v) is 3.54. The molecule has 0 saturated carbocycles. The van der Waals surface area contributed by atoms with Crippen LogP contribution in [0.4, 0.5) is 0 Å². The van der Waals surface area contributed by atoms with Crippen molar-refractivity contribution >= 4 is 5.97 Å². The number of rotatable bonds is 9. The molecular weight excluding hydrogens is 216 g/mol. The number of nitrogens with one attached hydrogen (secondary N) is 1. The van der Waals surface area contributed by atoms with E-state index >= 15 is 0 Å². The van der Waals surface area contributed by atoms with Gasteiger partial charge < -0.3 is 15.3 Å². The van der Waals surface area contributed by atoms with Crippen molar-refractivity contribution < 1.29 is 9.90 Å². The molecule has 17 heavy (non-hydrogen) atoms. The summed E-state index contributed by atoms with van der Waals surface area (Å²) in [6.07, 6.45) is 2.88. The van der Waals surface area contributed by atoms with Crippen LogP contribution in [0.1, 0.15) is 40.0 Å². The molecule has 0 aliphatic heterocycles. The Balaban J connectivity index is 4.40. The lowest BCUT2D eigenvalue weighted by Gasteiger charge is -2.32. The van der Waals surface area contributed by atoms with Crippen LogP contribution in [0.5, 0.6) is 0 Å². The maximum atomic E-state index is 10.9. The van der Waals surface area contributed by atoms with Crippen LogP contribution in [0.15, 0.2) is 0 Å². The number of aliphatic carboxylic acids is 1. The predicted molar refractivity (Wildman–Crippen MR) is 71.3 cm³/mol. The van der Waals surface area contributed by atoms with Crippen LogP contribution in [-0.4, -0.2) is 48.7 Å². The standard InChI is InChI=1S/C13H28N2O2/c1-6-10(7-2)12(15(4)5)9-14-11(8-3)13(16)17/h10-12,14H,6-9H2,1-5H3,(H,16,17). The van der Waals surface area contributed by atoms with Crippen LogP contribution >= 0.6 is 0 Å². The average Bonchev–Trinajstić information content (AvgIpc) is 2.27. The first-order valence-corrected chi connectivity index (χ1v) is 6.60. The Morgan fingerprint density at radius 3 is 2.00 bits per heavy atom. The molecule has 102 valence electrons. The van der Waals surface area contributed by atoms with E-state index < -0.39 is 12.0 Å². The SMILES string of the molecule is CCC(NCC(C(CC)CC)N(C)C)C(=O)O. The molecule has 0 heterocycles. The fourth-order valence-electron chi connectivity index (χ4n) is 2.27. The van der Waals surface area contributed by atoms with Crippen molar-refractivity contribution in [2.75, 3.05) is 20.6 Å². The summed E-state index contributed by atoms with van der Waals surface area (Å²) in [5, 5.41) is 12.2. The Morgan fingerprint density at radius 2 is 1.71 bits per heavy atom. The molecule has 2 unspecified atom stereocenters. The fourth-order valence-corrected chi connectivity index (χ4v) is 2.27. The number of hydrogen-bond acceptors (Lipinski definition) is 3. The quantitative estimate of drug-likeness (QED) is 0.649. The molecule has 0 aliphatic rings. The molecule has 0 bridgehead atoms. The Kier molecular flexibility index (Phi) is 8.17. The van der Waals surface area contributed by atoms with Gasteiger partial charge in [0.25, 0.3) is 0 Å². The van der Waals surface area contributed by atoms with E-state index in [1.54, 1.807) is 0 Å². The highest BCUT2D eigenvalue weighted by atomic mass is 16.4. The minimum absolute atomic E-state index is 0.401. The first kappa shape index (κ1) is 16.4. The molecule has 0 aromatic rings. The average molecular weight is 244 g/mol. The highest BCUT2D eigenvalue weighted by molar-refractivity contribution is 5.73. The lowest BCUT2D eigenvalue weighted by Crippen LogP contribution is -2.47. The number of nitrogens with zero attached hydrogens (tertiary/aromatic N) is 1. The molecule has 4 nitrogen and oxygen atoms in total. The Labute approximate surface area is 105 Å².